The van der Waals surface area contributed by atoms with E-state index < -0.39 is 56.5 Å². The molecule has 0 aliphatic carbocycles. The van der Waals surface area contributed by atoms with Crippen LogP contribution in [-0.4, -0.2) is 42.3 Å². The van der Waals surface area contributed by atoms with Gasteiger partial charge in [0.15, 0.2) is 0 Å². The summed E-state index contributed by atoms with van der Waals surface area (Å²) in [5.74, 6) is 0. The Balaban J connectivity index is 2.02. The molecule has 0 bridgehead atoms. The molecule has 0 amide bonds. The number of ether oxygens (including phenoxy) is 1. The van der Waals surface area contributed by atoms with E-state index in [-0.39, 0.29) is 5.56 Å². The molecule has 172 valence electrons. The molecule has 2 heterocycles. The van der Waals surface area contributed by atoms with Gasteiger partial charge in [0.25, 0.3) is 11.3 Å². The molecule has 1 aromatic heterocycles. The van der Waals surface area contributed by atoms with Gasteiger partial charge in [-0.05, 0) is 31.6 Å². The zero-order chi connectivity index (χ0) is 23.1. The van der Waals surface area contributed by atoms with E-state index in [0.29, 0.717) is 12.8 Å². The number of nitrogens with one attached hydrogen (secondary N) is 1. The highest BCUT2D eigenvalue weighted by molar-refractivity contribution is 8.60. The van der Waals surface area contributed by atoms with Crippen molar-refractivity contribution in [3.63, 3.8) is 0 Å². The van der Waals surface area contributed by atoms with E-state index in [9.17, 15) is 32.4 Å². The van der Waals surface area contributed by atoms with Crippen molar-refractivity contribution in [2.75, 3.05) is 6.61 Å². The highest BCUT2D eigenvalue weighted by Crippen LogP contribution is 2.79. The largest absolute Gasteiger partial charge is 0.444 e. The predicted octanol–water partition coefficient (Wildman–Crippen LogP) is 1.62. The van der Waals surface area contributed by atoms with E-state index in [1.165, 1.54) is 13.1 Å². The lowest BCUT2D eigenvalue weighted by molar-refractivity contribution is -0.0193. The van der Waals surface area contributed by atoms with Gasteiger partial charge in [0, 0.05) is 11.8 Å². The second-order valence-electron chi connectivity index (χ2n) is 6.19. The number of hydrogen-bond donors (Lipinski definition) is 5. The highest BCUT2D eigenvalue weighted by Gasteiger charge is 2.66. The molecule has 0 spiro atoms. The van der Waals surface area contributed by atoms with Crippen molar-refractivity contribution in [2.45, 2.75) is 37.5 Å². The summed E-state index contributed by atoms with van der Waals surface area (Å²) < 4.78 is 65.3. The number of halogens is 2. The molecule has 0 radical (unpaired) electrons. The van der Waals surface area contributed by atoms with Crippen LogP contribution in [0.1, 0.15) is 24.6 Å². The number of rotatable bonds is 8. The van der Waals surface area contributed by atoms with Crippen molar-refractivity contribution in [2.24, 2.45) is 0 Å². The number of nitrogens with zero attached hydrogens (tertiary/aromatic N) is 1. The molecule has 1 aliphatic heterocycles. The van der Waals surface area contributed by atoms with Gasteiger partial charge >= 0.3 is 26.3 Å². The Morgan fingerprint density at radius 3 is 2.53 bits per heavy atom. The van der Waals surface area contributed by atoms with Gasteiger partial charge in [-0.15, -0.1) is 0 Å². The molecule has 30 heavy (non-hydrogen) atoms. The summed E-state index contributed by atoms with van der Waals surface area (Å²) in [7, 11) is -12.6. The van der Waals surface area contributed by atoms with Gasteiger partial charge in [-0.1, -0.05) is 12.2 Å². The van der Waals surface area contributed by atoms with Crippen molar-refractivity contribution in [1.29, 1.82) is 0 Å². The SMILES string of the molecule is Cc1cn([C@H]2CC[C@@H](COP(=S)(S)OP(=O)(O)C(F)(F)P(=O)(O)O)O2)c(=O)[nH]c1=O. The molecular formula is C11H17F2N2O10P3S2. The smallest absolute Gasteiger partial charge is 0.352 e. The summed E-state index contributed by atoms with van der Waals surface area (Å²) in [5.41, 5.74) is -5.15. The third-order valence-corrected chi connectivity index (χ3v) is 10.9. The summed E-state index contributed by atoms with van der Waals surface area (Å²) in [4.78, 5) is 51.9. The van der Waals surface area contributed by atoms with Crippen LogP contribution >= 0.6 is 33.1 Å². The predicted molar refractivity (Wildman–Crippen MR) is 106 cm³/mol. The van der Waals surface area contributed by atoms with Crippen molar-refractivity contribution in [1.82, 2.24) is 9.55 Å². The number of aryl methyl sites for hydroxylation is 1. The summed E-state index contributed by atoms with van der Waals surface area (Å²) in [5, 5.41) is -5.41. The molecule has 4 N–H and O–H groups in total. The summed E-state index contributed by atoms with van der Waals surface area (Å²) in [6, 6.07) is 0. The van der Waals surface area contributed by atoms with Crippen molar-refractivity contribution >= 4 is 44.9 Å². The van der Waals surface area contributed by atoms with Crippen LogP contribution in [0.3, 0.4) is 0 Å². The lowest BCUT2D eigenvalue weighted by Crippen LogP contribution is -2.33. The fourth-order valence-corrected chi connectivity index (χ4v) is 8.16. The van der Waals surface area contributed by atoms with E-state index in [4.69, 9.17) is 19.0 Å². The van der Waals surface area contributed by atoms with Gasteiger partial charge in [0.2, 0.25) is 0 Å². The van der Waals surface area contributed by atoms with Crippen molar-refractivity contribution in [3.8, 4) is 0 Å². The molecule has 1 fully saturated rings. The molecule has 2 rings (SSSR count). The number of aromatic nitrogens is 2. The lowest BCUT2D eigenvalue weighted by Gasteiger charge is -2.26. The van der Waals surface area contributed by atoms with Crippen LogP contribution in [0.25, 0.3) is 0 Å². The molecule has 0 aromatic carbocycles. The van der Waals surface area contributed by atoms with Gasteiger partial charge in [0.05, 0.1) is 12.7 Å². The van der Waals surface area contributed by atoms with E-state index in [1.54, 1.807) is 0 Å². The van der Waals surface area contributed by atoms with Crippen LogP contribution in [0.4, 0.5) is 8.78 Å². The number of aromatic amines is 1. The van der Waals surface area contributed by atoms with Crippen molar-refractivity contribution in [3.05, 3.63) is 32.6 Å². The molecule has 19 heteroatoms. The molecule has 2 unspecified atom stereocenters. The van der Waals surface area contributed by atoms with E-state index in [1.807, 2.05) is 0 Å². The standard InChI is InChI=1S/C11H17F2N2O10P3S2/c1-6-4-15(10(17)14-9(6)16)8-3-2-7(24-8)5-23-28(29,30)25-27(21,22)11(12,13)26(18,19)20/h4,7-8H,2-3,5H2,1H3,(H,21,22)(H,29,30)(H,14,16,17)(H2,18,19,20)/t7-,8+/m0/s1. The molecule has 12 nitrogen and oxygen atoms in total. The van der Waals surface area contributed by atoms with E-state index in [0.717, 1.165) is 4.57 Å². The first-order chi connectivity index (χ1) is 13.5. The Morgan fingerprint density at radius 1 is 1.37 bits per heavy atom. The van der Waals surface area contributed by atoms with Crippen LogP contribution < -0.4 is 11.2 Å². The maximum Gasteiger partial charge on any atom is 0.444 e. The minimum absolute atomic E-state index is 0.266. The highest BCUT2D eigenvalue weighted by atomic mass is 32.9. The molecule has 1 saturated heterocycles. The summed E-state index contributed by atoms with van der Waals surface area (Å²) in [6.07, 6.45) is 0.391. The number of H-pyrrole nitrogens is 1. The van der Waals surface area contributed by atoms with Crippen LogP contribution in [0.2, 0.25) is 0 Å². The third-order valence-electron chi connectivity index (χ3n) is 3.87. The van der Waals surface area contributed by atoms with Crippen molar-refractivity contribution < 1.29 is 46.2 Å². The minimum atomic E-state index is -6.34. The van der Waals surface area contributed by atoms with Crippen LogP contribution in [0.5, 0.6) is 0 Å². The normalized spacial score (nSPS) is 24.4. The first kappa shape index (κ1) is 26.0. The number of hydrogen-bond acceptors (Lipinski definition) is 8. The molecule has 1 aromatic rings. The summed E-state index contributed by atoms with van der Waals surface area (Å²) >= 11 is 8.28. The Morgan fingerprint density at radius 2 is 1.97 bits per heavy atom. The van der Waals surface area contributed by atoms with Gasteiger partial charge in [0.1, 0.15) is 6.23 Å². The average molecular weight is 532 g/mol. The third kappa shape index (κ3) is 5.76. The Labute approximate surface area is 177 Å². The molecular weight excluding hydrogens is 515 g/mol. The topological polar surface area (TPSA) is 177 Å². The minimum Gasteiger partial charge on any atom is -0.352 e. The Kier molecular flexibility index (Phi) is 7.76. The second kappa shape index (κ2) is 8.95. The zero-order valence-corrected chi connectivity index (χ0v) is 19.3. The number of alkyl halides is 2. The van der Waals surface area contributed by atoms with E-state index in [2.05, 4.69) is 33.4 Å². The Hall–Kier alpha value is -0.240. The van der Waals surface area contributed by atoms with Gasteiger partial charge in [-0.3, -0.25) is 23.5 Å². The second-order valence-corrected chi connectivity index (χ2v) is 15.5. The molecule has 1 aliphatic rings. The maximum atomic E-state index is 13.5. The fourth-order valence-electron chi connectivity index (χ4n) is 2.37. The van der Waals surface area contributed by atoms with Gasteiger partial charge in [-0.25, -0.2) is 9.11 Å². The van der Waals surface area contributed by atoms with Gasteiger partial charge < -0.3 is 23.9 Å². The lowest BCUT2D eigenvalue weighted by atomic mass is 10.2. The van der Waals surface area contributed by atoms with Crippen LogP contribution in [0, 0.1) is 6.92 Å². The van der Waals surface area contributed by atoms with E-state index >= 15 is 0 Å². The zero-order valence-electron chi connectivity index (χ0n) is 15.0. The first-order valence-corrected chi connectivity index (χ1v) is 14.9. The Bertz CT molecular complexity index is 1070. The average Bonchev–Trinajstić information content (AvgIpc) is 3.03. The van der Waals surface area contributed by atoms with Gasteiger partial charge in [-0.2, -0.15) is 8.78 Å². The van der Waals surface area contributed by atoms with Crippen LogP contribution in [0.15, 0.2) is 15.8 Å². The number of thiol groups is 1. The quantitative estimate of drug-likeness (QED) is 0.243. The van der Waals surface area contributed by atoms with Crippen LogP contribution in [-0.2, 0) is 34.5 Å². The molecule has 4 atom stereocenters. The first-order valence-electron chi connectivity index (χ1n) is 7.89. The fraction of sp³-hybridized carbons (Fsp3) is 0.636. The monoisotopic (exact) mass is 532 g/mol. The summed E-state index contributed by atoms with van der Waals surface area (Å²) in [6.45, 7) is 1.05. The maximum absolute atomic E-state index is 13.5. The molecule has 0 saturated carbocycles.